The van der Waals surface area contributed by atoms with Gasteiger partial charge in [0, 0.05) is 11.6 Å². The van der Waals surface area contributed by atoms with E-state index in [1.807, 2.05) is 6.07 Å². The molecule has 0 saturated carbocycles. The number of rotatable bonds is 2. The maximum atomic E-state index is 5.60. The van der Waals surface area contributed by atoms with Crippen molar-refractivity contribution < 1.29 is 14.2 Å². The van der Waals surface area contributed by atoms with Gasteiger partial charge in [-0.25, -0.2) is 0 Å². The van der Waals surface area contributed by atoms with Gasteiger partial charge < -0.3 is 14.2 Å². The maximum Gasteiger partial charge on any atom is 0.128 e. The zero-order chi connectivity index (χ0) is 10.8. The molecule has 0 aromatic heterocycles. The Morgan fingerprint density at radius 3 is 2.73 bits per heavy atom. The Labute approximate surface area is 90.0 Å². The highest BCUT2D eigenvalue weighted by molar-refractivity contribution is 5.47. The second-order valence-corrected chi connectivity index (χ2v) is 3.79. The van der Waals surface area contributed by atoms with Crippen LogP contribution in [0, 0.1) is 0 Å². The molecule has 82 valence electrons. The lowest BCUT2D eigenvalue weighted by Gasteiger charge is -2.24. The third-order valence-corrected chi connectivity index (χ3v) is 2.75. The summed E-state index contributed by atoms with van der Waals surface area (Å²) in [5.74, 6) is 1.70. The molecule has 0 radical (unpaired) electrons. The summed E-state index contributed by atoms with van der Waals surface area (Å²) in [4.78, 5) is 0. The van der Waals surface area contributed by atoms with E-state index in [0.29, 0.717) is 6.61 Å². The van der Waals surface area contributed by atoms with Gasteiger partial charge in [-0.05, 0) is 25.0 Å². The second kappa shape index (κ2) is 4.11. The van der Waals surface area contributed by atoms with Gasteiger partial charge in [0.2, 0.25) is 0 Å². The van der Waals surface area contributed by atoms with Crippen molar-refractivity contribution in [3.63, 3.8) is 0 Å². The summed E-state index contributed by atoms with van der Waals surface area (Å²) in [6.07, 6.45) is 1.19. The van der Waals surface area contributed by atoms with Gasteiger partial charge in [-0.15, -0.1) is 0 Å². The number of methoxy groups -OCH3 is 2. The van der Waals surface area contributed by atoms with E-state index in [9.17, 15) is 0 Å². The molecule has 1 heterocycles. The van der Waals surface area contributed by atoms with Crippen LogP contribution in [0.5, 0.6) is 11.5 Å². The van der Waals surface area contributed by atoms with E-state index in [1.165, 1.54) is 5.56 Å². The maximum absolute atomic E-state index is 5.60. The molecule has 1 aliphatic heterocycles. The Hall–Kier alpha value is -1.22. The number of fused-ring (bicyclic) bond motifs is 1. The lowest BCUT2D eigenvalue weighted by atomic mass is 9.98. The molecule has 1 aliphatic rings. The average molecular weight is 208 g/mol. The lowest BCUT2D eigenvalue weighted by Crippen LogP contribution is -2.19. The summed E-state index contributed by atoms with van der Waals surface area (Å²) in [6.45, 7) is 2.71. The topological polar surface area (TPSA) is 27.7 Å². The Balaban J connectivity index is 2.44. The van der Waals surface area contributed by atoms with Crippen LogP contribution in [0.3, 0.4) is 0 Å². The molecule has 0 unspecified atom stereocenters. The van der Waals surface area contributed by atoms with Crippen LogP contribution < -0.4 is 9.47 Å². The smallest absolute Gasteiger partial charge is 0.128 e. The third kappa shape index (κ3) is 1.92. The fraction of sp³-hybridized carbons (Fsp3) is 0.500. The molecule has 3 nitrogen and oxygen atoms in total. The van der Waals surface area contributed by atoms with E-state index in [-0.39, 0.29) is 6.10 Å². The van der Waals surface area contributed by atoms with E-state index in [4.69, 9.17) is 14.2 Å². The lowest BCUT2D eigenvalue weighted by molar-refractivity contribution is 0.0395. The molecule has 0 N–H and O–H groups in total. The first-order valence-electron chi connectivity index (χ1n) is 5.10. The fourth-order valence-corrected chi connectivity index (χ4v) is 1.92. The molecular formula is C12H16O3. The minimum absolute atomic E-state index is 0.273. The van der Waals surface area contributed by atoms with Crippen molar-refractivity contribution in [3.05, 3.63) is 23.3 Å². The minimum Gasteiger partial charge on any atom is -0.497 e. The average Bonchev–Trinajstić information content (AvgIpc) is 2.26. The highest BCUT2D eigenvalue weighted by Gasteiger charge is 2.20. The van der Waals surface area contributed by atoms with Crippen molar-refractivity contribution in [3.8, 4) is 11.5 Å². The van der Waals surface area contributed by atoms with Crippen LogP contribution in [0.1, 0.15) is 18.1 Å². The summed E-state index contributed by atoms with van der Waals surface area (Å²) < 4.78 is 16.2. The van der Waals surface area contributed by atoms with E-state index >= 15 is 0 Å². The predicted molar refractivity (Wildman–Crippen MR) is 57.5 cm³/mol. The van der Waals surface area contributed by atoms with Crippen molar-refractivity contribution in [2.24, 2.45) is 0 Å². The van der Waals surface area contributed by atoms with Crippen molar-refractivity contribution in [1.82, 2.24) is 0 Å². The van der Waals surface area contributed by atoms with Gasteiger partial charge >= 0.3 is 0 Å². The Kier molecular flexibility index (Phi) is 2.82. The summed E-state index contributed by atoms with van der Waals surface area (Å²) >= 11 is 0. The van der Waals surface area contributed by atoms with Crippen molar-refractivity contribution in [2.45, 2.75) is 26.1 Å². The molecule has 3 heteroatoms. The molecular weight excluding hydrogens is 192 g/mol. The summed E-state index contributed by atoms with van der Waals surface area (Å²) in [5.41, 5.74) is 2.42. The molecule has 2 rings (SSSR count). The van der Waals surface area contributed by atoms with Gasteiger partial charge in [0.15, 0.2) is 0 Å². The highest BCUT2D eigenvalue weighted by Crippen LogP contribution is 2.33. The number of benzene rings is 1. The van der Waals surface area contributed by atoms with Crippen LogP contribution in [0.4, 0.5) is 0 Å². The first kappa shape index (κ1) is 10.3. The van der Waals surface area contributed by atoms with Gasteiger partial charge in [-0.2, -0.15) is 0 Å². The monoisotopic (exact) mass is 208 g/mol. The van der Waals surface area contributed by atoms with Gasteiger partial charge in [0.05, 0.1) is 26.9 Å². The number of hydrogen-bond donors (Lipinski definition) is 0. The SMILES string of the molecule is COc1cc2c(c(OC)c1)CO[C@H](C)C2. The third-order valence-electron chi connectivity index (χ3n) is 2.75. The van der Waals surface area contributed by atoms with E-state index in [1.54, 1.807) is 14.2 Å². The van der Waals surface area contributed by atoms with Crippen LogP contribution in [0.15, 0.2) is 12.1 Å². The van der Waals surface area contributed by atoms with Crippen molar-refractivity contribution in [2.75, 3.05) is 14.2 Å². The van der Waals surface area contributed by atoms with Gasteiger partial charge in [0.25, 0.3) is 0 Å². The van der Waals surface area contributed by atoms with Crippen LogP contribution in [-0.4, -0.2) is 20.3 Å². The zero-order valence-corrected chi connectivity index (χ0v) is 9.37. The van der Waals surface area contributed by atoms with E-state index < -0.39 is 0 Å². The van der Waals surface area contributed by atoms with E-state index in [2.05, 4.69) is 13.0 Å². The first-order valence-corrected chi connectivity index (χ1v) is 5.10. The quantitative estimate of drug-likeness (QED) is 0.745. The second-order valence-electron chi connectivity index (χ2n) is 3.79. The highest BCUT2D eigenvalue weighted by atomic mass is 16.5. The molecule has 15 heavy (non-hydrogen) atoms. The largest absolute Gasteiger partial charge is 0.497 e. The fourth-order valence-electron chi connectivity index (χ4n) is 1.92. The molecule has 1 atom stereocenters. The molecule has 0 spiro atoms. The summed E-state index contributed by atoms with van der Waals surface area (Å²) in [7, 11) is 3.34. The Bertz CT molecular complexity index is 360. The van der Waals surface area contributed by atoms with Crippen molar-refractivity contribution in [1.29, 1.82) is 0 Å². The molecule has 1 aromatic carbocycles. The molecule has 1 aromatic rings. The molecule has 0 bridgehead atoms. The Morgan fingerprint density at radius 2 is 2.07 bits per heavy atom. The predicted octanol–water partition coefficient (Wildman–Crippen LogP) is 2.17. The normalized spacial score (nSPS) is 19.5. The molecule has 0 amide bonds. The van der Waals surface area contributed by atoms with Gasteiger partial charge in [-0.3, -0.25) is 0 Å². The standard InChI is InChI=1S/C12H16O3/c1-8-4-9-5-10(13-2)6-12(14-3)11(9)7-15-8/h5-6,8H,4,7H2,1-3H3/t8-/m1/s1. The molecule has 0 saturated heterocycles. The van der Waals surface area contributed by atoms with Crippen LogP contribution in [-0.2, 0) is 17.8 Å². The summed E-state index contributed by atoms with van der Waals surface area (Å²) in [5, 5.41) is 0. The minimum atomic E-state index is 0.273. The zero-order valence-electron chi connectivity index (χ0n) is 9.37. The number of ether oxygens (including phenoxy) is 3. The number of hydrogen-bond acceptors (Lipinski definition) is 3. The molecule has 0 aliphatic carbocycles. The van der Waals surface area contributed by atoms with Crippen LogP contribution in [0.2, 0.25) is 0 Å². The van der Waals surface area contributed by atoms with Crippen molar-refractivity contribution >= 4 is 0 Å². The van der Waals surface area contributed by atoms with Gasteiger partial charge in [-0.1, -0.05) is 0 Å². The van der Waals surface area contributed by atoms with Gasteiger partial charge in [0.1, 0.15) is 11.5 Å². The first-order chi connectivity index (χ1) is 7.24. The Morgan fingerprint density at radius 1 is 1.27 bits per heavy atom. The van der Waals surface area contributed by atoms with Crippen LogP contribution in [0.25, 0.3) is 0 Å². The summed E-state index contributed by atoms with van der Waals surface area (Å²) in [6, 6.07) is 3.97. The molecule has 0 fully saturated rings. The van der Waals surface area contributed by atoms with Crippen LogP contribution >= 0.6 is 0 Å². The van der Waals surface area contributed by atoms with E-state index in [0.717, 1.165) is 23.5 Å².